The van der Waals surface area contributed by atoms with Gasteiger partial charge in [0.15, 0.2) is 12.0 Å². The molecule has 302 valence electrons. The second-order valence-electron chi connectivity index (χ2n) is 14.4. The summed E-state index contributed by atoms with van der Waals surface area (Å²) in [7, 11) is 0. The molecule has 17 heteroatoms. The van der Waals surface area contributed by atoms with Crippen LogP contribution in [0.5, 0.6) is 5.75 Å². The zero-order valence-corrected chi connectivity index (χ0v) is 32.9. The lowest BCUT2D eigenvalue weighted by molar-refractivity contribution is -0.152. The summed E-state index contributed by atoms with van der Waals surface area (Å²) < 4.78 is 39.0. The van der Waals surface area contributed by atoms with Crippen LogP contribution < -0.4 is 20.4 Å². The molecule has 0 aliphatic carbocycles. The highest BCUT2D eigenvalue weighted by molar-refractivity contribution is 8.00. The van der Waals surface area contributed by atoms with E-state index < -0.39 is 64.7 Å². The van der Waals surface area contributed by atoms with Gasteiger partial charge in [0.1, 0.15) is 53.2 Å². The molecule has 1 aromatic heterocycles. The van der Waals surface area contributed by atoms with Gasteiger partial charge in [0.05, 0.1) is 11.2 Å². The number of esters is 2. The number of pyridine rings is 1. The molecule has 3 aliphatic heterocycles. The maximum Gasteiger partial charge on any atom is 0.410 e. The van der Waals surface area contributed by atoms with Crippen molar-refractivity contribution in [2.75, 3.05) is 56.7 Å². The standard InChI is InChI=1S/C40H44FN5O10S/c1-6-17-53-38(51)34-24(23-57-36-33(35(49)46(34)36)42-32(48)22-54-25-11-9-8-10-12-25)21-55-37(50)30-20-31(47)26-18-27(41)29(19-28(26)45(30)7-2)43-13-15-44(16-14-43)39(52)56-40(3,4)5/h6,8-12,18-20,33,36H,1,7,13-17,21-23H2,2-5H3,(H,42,48)/t33-,36-/m1/s1. The largest absolute Gasteiger partial charge is 0.484 e. The van der Waals surface area contributed by atoms with E-state index in [0.29, 0.717) is 37.4 Å². The van der Waals surface area contributed by atoms with Crippen LogP contribution in [0.3, 0.4) is 0 Å². The molecule has 3 amide bonds. The molecule has 0 radical (unpaired) electrons. The van der Waals surface area contributed by atoms with Crippen LogP contribution >= 0.6 is 11.8 Å². The van der Waals surface area contributed by atoms with Crippen molar-refractivity contribution < 1.29 is 47.3 Å². The predicted molar refractivity (Wildman–Crippen MR) is 209 cm³/mol. The highest BCUT2D eigenvalue weighted by Gasteiger charge is 2.54. The number of piperazine rings is 1. The van der Waals surface area contributed by atoms with E-state index >= 15 is 4.39 Å². The molecule has 0 saturated carbocycles. The molecule has 2 atom stereocenters. The summed E-state index contributed by atoms with van der Waals surface area (Å²) in [5.74, 6) is -2.79. The van der Waals surface area contributed by atoms with Crippen molar-refractivity contribution in [1.29, 1.82) is 0 Å². The van der Waals surface area contributed by atoms with Crippen LogP contribution in [-0.2, 0) is 35.1 Å². The number of aromatic nitrogens is 1. The molecular formula is C40H44FN5O10S. The van der Waals surface area contributed by atoms with E-state index in [4.69, 9.17) is 18.9 Å². The van der Waals surface area contributed by atoms with Gasteiger partial charge in [0.2, 0.25) is 0 Å². The van der Waals surface area contributed by atoms with Gasteiger partial charge in [-0.05, 0) is 52.0 Å². The molecule has 3 aliphatic rings. The van der Waals surface area contributed by atoms with E-state index in [2.05, 4.69) is 11.9 Å². The molecule has 0 unspecified atom stereocenters. The number of rotatable bonds is 12. The molecule has 6 rings (SSSR count). The Morgan fingerprint density at radius 2 is 1.72 bits per heavy atom. The van der Waals surface area contributed by atoms with Gasteiger partial charge in [-0.3, -0.25) is 19.3 Å². The molecule has 15 nitrogen and oxygen atoms in total. The number of hydrogen-bond acceptors (Lipinski definition) is 12. The minimum Gasteiger partial charge on any atom is -0.484 e. The number of fused-ring (bicyclic) bond motifs is 2. The molecule has 2 saturated heterocycles. The van der Waals surface area contributed by atoms with Gasteiger partial charge >= 0.3 is 18.0 Å². The van der Waals surface area contributed by atoms with E-state index in [0.717, 1.165) is 12.1 Å². The topological polar surface area (TPSA) is 166 Å². The van der Waals surface area contributed by atoms with E-state index in [1.165, 1.54) is 28.8 Å². The van der Waals surface area contributed by atoms with Crippen molar-refractivity contribution >= 4 is 58.2 Å². The summed E-state index contributed by atoms with van der Waals surface area (Å²) in [6, 6.07) is 11.5. The molecule has 1 N–H and O–H groups in total. The second-order valence-corrected chi connectivity index (χ2v) is 15.5. The van der Waals surface area contributed by atoms with Crippen molar-refractivity contribution in [2.45, 2.75) is 51.3 Å². The quantitative estimate of drug-likeness (QED) is 0.122. The van der Waals surface area contributed by atoms with Gasteiger partial charge < -0.3 is 38.6 Å². The van der Waals surface area contributed by atoms with Crippen LogP contribution in [0.15, 0.2) is 77.3 Å². The minimum absolute atomic E-state index is 0.0660. The fourth-order valence-electron chi connectivity index (χ4n) is 6.68. The first-order valence-electron chi connectivity index (χ1n) is 18.4. The smallest absolute Gasteiger partial charge is 0.410 e. The van der Waals surface area contributed by atoms with E-state index in [9.17, 15) is 28.8 Å². The lowest BCUT2D eigenvalue weighted by Crippen LogP contribution is -2.71. The summed E-state index contributed by atoms with van der Waals surface area (Å²) >= 11 is 1.26. The lowest BCUT2D eigenvalue weighted by atomic mass is 10.0. The predicted octanol–water partition coefficient (Wildman–Crippen LogP) is 3.84. The lowest BCUT2D eigenvalue weighted by Gasteiger charge is -2.49. The Morgan fingerprint density at radius 1 is 1.00 bits per heavy atom. The van der Waals surface area contributed by atoms with Crippen LogP contribution in [0.1, 0.15) is 38.2 Å². The Balaban J connectivity index is 1.19. The van der Waals surface area contributed by atoms with E-state index in [1.54, 1.807) is 66.3 Å². The summed E-state index contributed by atoms with van der Waals surface area (Å²) in [5.41, 5.74) is -0.668. The number of carbonyl (C=O) groups excluding carboxylic acids is 5. The van der Waals surface area contributed by atoms with Gasteiger partial charge in [-0.2, -0.15) is 0 Å². The Bertz CT molecular complexity index is 2180. The van der Waals surface area contributed by atoms with Gasteiger partial charge in [0, 0.05) is 55.5 Å². The number of thioether (sulfide) groups is 1. The van der Waals surface area contributed by atoms with Crippen LogP contribution in [0, 0.1) is 5.82 Å². The van der Waals surface area contributed by atoms with Crippen molar-refractivity contribution in [1.82, 2.24) is 19.7 Å². The van der Waals surface area contributed by atoms with Crippen LogP contribution in [0.4, 0.5) is 14.9 Å². The highest BCUT2D eigenvalue weighted by atomic mass is 32.2. The summed E-state index contributed by atoms with van der Waals surface area (Å²) in [6.45, 7) is 11.2. The number of aryl methyl sites for hydroxylation is 1. The number of β-lactam (4-membered cyclic amide) rings is 1. The summed E-state index contributed by atoms with van der Waals surface area (Å²) in [5, 5.41) is 2.10. The highest BCUT2D eigenvalue weighted by Crippen LogP contribution is 2.41. The Kier molecular flexibility index (Phi) is 12.3. The Labute approximate surface area is 332 Å². The Hall–Kier alpha value is -5.84. The number of amides is 3. The first kappa shape index (κ1) is 40.8. The molecule has 0 spiro atoms. The number of halogens is 1. The number of benzene rings is 2. The number of ether oxygens (including phenoxy) is 4. The molecule has 57 heavy (non-hydrogen) atoms. The van der Waals surface area contributed by atoms with Crippen LogP contribution in [0.2, 0.25) is 0 Å². The number of anilines is 1. The van der Waals surface area contributed by atoms with E-state index in [-0.39, 0.29) is 53.5 Å². The number of nitrogens with one attached hydrogen (secondary N) is 1. The third kappa shape index (κ3) is 8.93. The first-order chi connectivity index (χ1) is 27.2. The minimum atomic E-state index is -0.937. The third-order valence-corrected chi connectivity index (χ3v) is 10.7. The second kappa shape index (κ2) is 17.1. The summed E-state index contributed by atoms with van der Waals surface area (Å²) in [4.78, 5) is 83.5. The zero-order valence-electron chi connectivity index (χ0n) is 32.1. The number of para-hydroxylation sites is 1. The van der Waals surface area contributed by atoms with Gasteiger partial charge in [-0.15, -0.1) is 11.8 Å². The average Bonchev–Trinajstić information content (AvgIpc) is 3.19. The van der Waals surface area contributed by atoms with Crippen molar-refractivity contribution in [3.05, 3.63) is 94.2 Å². The maximum absolute atomic E-state index is 15.5. The average molecular weight is 806 g/mol. The molecule has 2 fully saturated rings. The van der Waals surface area contributed by atoms with Gasteiger partial charge in [-0.25, -0.2) is 18.8 Å². The van der Waals surface area contributed by atoms with Crippen molar-refractivity contribution in [3.8, 4) is 5.75 Å². The number of hydrogen-bond donors (Lipinski definition) is 1. The molecule has 2 aromatic carbocycles. The molecule has 3 aromatic rings. The summed E-state index contributed by atoms with van der Waals surface area (Å²) in [6.07, 6.45) is 0.911. The van der Waals surface area contributed by atoms with Gasteiger partial charge in [-0.1, -0.05) is 30.9 Å². The van der Waals surface area contributed by atoms with Gasteiger partial charge in [0.25, 0.3) is 11.8 Å². The first-order valence-corrected chi connectivity index (χ1v) is 19.4. The Morgan fingerprint density at radius 3 is 2.39 bits per heavy atom. The van der Waals surface area contributed by atoms with Crippen molar-refractivity contribution in [2.24, 2.45) is 0 Å². The molecule has 4 heterocycles. The normalized spacial score (nSPS) is 18.1. The number of carbonyl (C=O) groups is 5. The van der Waals surface area contributed by atoms with E-state index in [1.807, 2.05) is 6.07 Å². The fourth-order valence-corrected chi connectivity index (χ4v) is 8.01. The zero-order chi connectivity index (χ0) is 41.0. The SMILES string of the molecule is C=CCOC(=O)C1=C(COC(=O)c2cc(=O)c3cc(F)c(N4CCN(C(=O)OC(C)(C)C)CC4)cc3n2CC)CS[C@@H]2[C@H](NC(=O)COc3ccccc3)C(=O)N12. The fraction of sp³-hybridized carbons (Fsp3) is 0.400. The van der Waals surface area contributed by atoms with Crippen LogP contribution in [-0.4, -0.2) is 113 Å². The maximum atomic E-state index is 15.5. The van der Waals surface area contributed by atoms with Crippen molar-refractivity contribution in [3.63, 3.8) is 0 Å². The molecule has 0 bridgehead atoms. The third-order valence-electron chi connectivity index (χ3n) is 9.36. The number of nitrogens with zero attached hydrogens (tertiary/aromatic N) is 4. The monoisotopic (exact) mass is 805 g/mol. The van der Waals surface area contributed by atoms with Crippen LogP contribution in [0.25, 0.3) is 10.9 Å². The molecular weight excluding hydrogens is 762 g/mol.